The molecule has 0 atom stereocenters. The Labute approximate surface area is 126 Å². The number of hydrogen-bond donors (Lipinski definition) is 3. The van der Waals surface area contributed by atoms with Gasteiger partial charge in [0.25, 0.3) is 5.91 Å². The number of amides is 1. The molecule has 0 aliphatic rings. The van der Waals surface area contributed by atoms with Crippen LogP contribution in [0, 0.1) is 13.8 Å². The maximum Gasteiger partial charge on any atom is 0.352 e. The summed E-state index contributed by atoms with van der Waals surface area (Å²) in [6.45, 7) is 3.61. The molecule has 1 aromatic carbocycles. The number of benzene rings is 1. The first-order chi connectivity index (χ1) is 9.90. The zero-order chi connectivity index (χ0) is 15.6. The maximum atomic E-state index is 12.2. The Morgan fingerprint density at radius 1 is 1.33 bits per heavy atom. The summed E-state index contributed by atoms with van der Waals surface area (Å²) in [5.74, 6) is -1.39. The second-order valence-electron chi connectivity index (χ2n) is 4.74. The van der Waals surface area contributed by atoms with E-state index >= 15 is 0 Å². The summed E-state index contributed by atoms with van der Waals surface area (Å²) in [7, 11) is 0. The average Bonchev–Trinajstić information content (AvgIpc) is 2.72. The molecule has 0 saturated carbocycles. The van der Waals surface area contributed by atoms with Crippen molar-refractivity contribution in [2.24, 2.45) is 0 Å². The highest BCUT2D eigenvalue weighted by Gasteiger charge is 2.21. The van der Waals surface area contributed by atoms with E-state index in [1.165, 1.54) is 0 Å². The third-order valence-electron chi connectivity index (χ3n) is 3.22. The highest BCUT2D eigenvalue weighted by Crippen LogP contribution is 2.18. The van der Waals surface area contributed by atoms with Crippen molar-refractivity contribution in [3.8, 4) is 0 Å². The zero-order valence-electron chi connectivity index (χ0n) is 11.7. The standard InChI is InChI=1S/C15H15ClN2O3/c1-8-12(9(2)18-13(8)15(20)21)14(19)17-7-10-4-3-5-11(16)6-10/h3-6,18H,7H2,1-2H3,(H,17,19)(H,20,21). The van der Waals surface area contributed by atoms with Crippen LogP contribution in [0.2, 0.25) is 5.02 Å². The van der Waals surface area contributed by atoms with Crippen LogP contribution in [0.4, 0.5) is 0 Å². The smallest absolute Gasteiger partial charge is 0.352 e. The predicted octanol–water partition coefficient (Wildman–Crippen LogP) is 2.91. The number of aryl methyl sites for hydroxylation is 1. The summed E-state index contributed by atoms with van der Waals surface area (Å²) < 4.78 is 0. The molecule has 6 heteroatoms. The number of halogens is 1. The molecule has 21 heavy (non-hydrogen) atoms. The number of aromatic nitrogens is 1. The summed E-state index contributed by atoms with van der Waals surface area (Å²) in [5, 5.41) is 12.4. The fourth-order valence-electron chi connectivity index (χ4n) is 2.22. The molecule has 110 valence electrons. The molecule has 5 nitrogen and oxygen atoms in total. The normalized spacial score (nSPS) is 10.4. The Hall–Kier alpha value is -2.27. The van der Waals surface area contributed by atoms with E-state index in [-0.39, 0.29) is 11.6 Å². The van der Waals surface area contributed by atoms with Gasteiger partial charge >= 0.3 is 5.97 Å². The molecule has 0 fully saturated rings. The summed E-state index contributed by atoms with van der Waals surface area (Å²) in [4.78, 5) is 26.0. The Morgan fingerprint density at radius 3 is 2.62 bits per heavy atom. The average molecular weight is 307 g/mol. The van der Waals surface area contributed by atoms with Crippen LogP contribution >= 0.6 is 11.6 Å². The molecular weight excluding hydrogens is 292 g/mol. The van der Waals surface area contributed by atoms with Crippen LogP contribution in [0.25, 0.3) is 0 Å². The second-order valence-corrected chi connectivity index (χ2v) is 5.18. The number of carbonyl (C=O) groups excluding carboxylic acids is 1. The summed E-state index contributed by atoms with van der Waals surface area (Å²) in [6.07, 6.45) is 0. The molecule has 0 spiro atoms. The van der Waals surface area contributed by atoms with Crippen molar-refractivity contribution >= 4 is 23.5 Å². The summed E-state index contributed by atoms with van der Waals surface area (Å²) in [5.41, 5.74) is 2.26. The largest absolute Gasteiger partial charge is 0.477 e. The van der Waals surface area contributed by atoms with E-state index in [4.69, 9.17) is 16.7 Å². The lowest BCUT2D eigenvalue weighted by molar-refractivity contribution is 0.0690. The number of aromatic amines is 1. The van der Waals surface area contributed by atoms with E-state index in [0.717, 1.165) is 5.56 Å². The fraction of sp³-hybridized carbons (Fsp3) is 0.200. The van der Waals surface area contributed by atoms with Crippen LogP contribution in [0.1, 0.15) is 37.7 Å². The molecule has 1 aromatic heterocycles. The van der Waals surface area contributed by atoms with Crippen molar-refractivity contribution in [2.75, 3.05) is 0 Å². The Bertz CT molecular complexity index is 707. The number of hydrogen-bond acceptors (Lipinski definition) is 2. The molecule has 1 amide bonds. The van der Waals surface area contributed by atoms with Gasteiger partial charge in [0, 0.05) is 17.3 Å². The topological polar surface area (TPSA) is 82.2 Å². The molecule has 0 radical (unpaired) electrons. The van der Waals surface area contributed by atoms with Crippen LogP contribution in [0.15, 0.2) is 24.3 Å². The number of carboxylic acid groups (broad SMARTS) is 1. The fourth-order valence-corrected chi connectivity index (χ4v) is 2.43. The van der Waals surface area contributed by atoms with Crippen molar-refractivity contribution in [1.29, 1.82) is 0 Å². The lowest BCUT2D eigenvalue weighted by Gasteiger charge is -2.06. The van der Waals surface area contributed by atoms with Gasteiger partial charge in [0.05, 0.1) is 5.56 Å². The van der Waals surface area contributed by atoms with Gasteiger partial charge < -0.3 is 15.4 Å². The van der Waals surface area contributed by atoms with Crippen LogP contribution < -0.4 is 5.32 Å². The van der Waals surface area contributed by atoms with Crippen LogP contribution in [-0.2, 0) is 6.54 Å². The van der Waals surface area contributed by atoms with Gasteiger partial charge in [-0.15, -0.1) is 0 Å². The number of rotatable bonds is 4. The number of carbonyl (C=O) groups is 2. The van der Waals surface area contributed by atoms with Crippen LogP contribution in [-0.4, -0.2) is 22.0 Å². The van der Waals surface area contributed by atoms with E-state index < -0.39 is 5.97 Å². The predicted molar refractivity (Wildman–Crippen MR) is 79.8 cm³/mol. The maximum absolute atomic E-state index is 12.2. The van der Waals surface area contributed by atoms with E-state index in [9.17, 15) is 9.59 Å². The third-order valence-corrected chi connectivity index (χ3v) is 3.46. The van der Waals surface area contributed by atoms with Gasteiger partial charge in [-0.2, -0.15) is 0 Å². The quantitative estimate of drug-likeness (QED) is 0.812. The molecule has 2 rings (SSSR count). The van der Waals surface area contributed by atoms with Gasteiger partial charge in [-0.25, -0.2) is 4.79 Å². The summed E-state index contributed by atoms with van der Waals surface area (Å²) in [6, 6.07) is 7.18. The molecular formula is C15H15ClN2O3. The van der Waals surface area contributed by atoms with Crippen molar-refractivity contribution in [3.63, 3.8) is 0 Å². The van der Waals surface area contributed by atoms with Crippen LogP contribution in [0.3, 0.4) is 0 Å². The highest BCUT2D eigenvalue weighted by atomic mass is 35.5. The number of H-pyrrole nitrogens is 1. The molecule has 0 aliphatic carbocycles. The summed E-state index contributed by atoms with van der Waals surface area (Å²) >= 11 is 5.88. The van der Waals surface area contributed by atoms with Crippen LogP contribution in [0.5, 0.6) is 0 Å². The minimum Gasteiger partial charge on any atom is -0.477 e. The first-order valence-electron chi connectivity index (χ1n) is 6.35. The molecule has 0 bridgehead atoms. The van der Waals surface area contributed by atoms with Crippen molar-refractivity contribution in [2.45, 2.75) is 20.4 Å². The molecule has 0 saturated heterocycles. The minimum absolute atomic E-state index is 0.0420. The van der Waals surface area contributed by atoms with Crippen molar-refractivity contribution in [1.82, 2.24) is 10.3 Å². The molecule has 0 unspecified atom stereocenters. The molecule has 1 heterocycles. The van der Waals surface area contributed by atoms with E-state index in [2.05, 4.69) is 10.3 Å². The van der Waals surface area contributed by atoms with Gasteiger partial charge in [-0.05, 0) is 37.1 Å². The lowest BCUT2D eigenvalue weighted by atomic mass is 10.1. The van der Waals surface area contributed by atoms with Gasteiger partial charge in [0.1, 0.15) is 5.69 Å². The molecule has 0 aliphatic heterocycles. The molecule has 2 aromatic rings. The van der Waals surface area contributed by atoms with E-state index in [1.807, 2.05) is 6.07 Å². The lowest BCUT2D eigenvalue weighted by Crippen LogP contribution is -2.23. The zero-order valence-corrected chi connectivity index (χ0v) is 12.4. The van der Waals surface area contributed by atoms with E-state index in [0.29, 0.717) is 28.4 Å². The number of carboxylic acids is 1. The first kappa shape index (κ1) is 15.1. The van der Waals surface area contributed by atoms with Crippen molar-refractivity contribution < 1.29 is 14.7 Å². The van der Waals surface area contributed by atoms with Crippen molar-refractivity contribution in [3.05, 3.63) is 57.4 Å². The number of nitrogens with one attached hydrogen (secondary N) is 2. The highest BCUT2D eigenvalue weighted by molar-refractivity contribution is 6.30. The Morgan fingerprint density at radius 2 is 2.05 bits per heavy atom. The van der Waals surface area contributed by atoms with Gasteiger partial charge in [-0.1, -0.05) is 23.7 Å². The Balaban J connectivity index is 2.16. The minimum atomic E-state index is -1.08. The molecule has 3 N–H and O–H groups in total. The third kappa shape index (κ3) is 3.25. The van der Waals surface area contributed by atoms with Gasteiger partial charge in [0.2, 0.25) is 0 Å². The first-order valence-corrected chi connectivity index (χ1v) is 6.73. The Kier molecular flexibility index (Phi) is 4.33. The SMILES string of the molecule is Cc1[nH]c(C(=O)O)c(C)c1C(=O)NCc1cccc(Cl)c1. The van der Waals surface area contributed by atoms with Gasteiger partial charge in [0.15, 0.2) is 0 Å². The monoisotopic (exact) mass is 306 g/mol. The van der Waals surface area contributed by atoms with E-state index in [1.54, 1.807) is 32.0 Å². The second kappa shape index (κ2) is 6.01. The van der Waals surface area contributed by atoms with Gasteiger partial charge in [-0.3, -0.25) is 4.79 Å². The number of aromatic carboxylic acids is 1.